The van der Waals surface area contributed by atoms with Gasteiger partial charge in [-0.05, 0) is 25.1 Å². The number of carbonyl (C=O) groups is 1. The van der Waals surface area contributed by atoms with Crippen molar-refractivity contribution in [3.63, 3.8) is 0 Å². The molecule has 0 saturated heterocycles. The van der Waals surface area contributed by atoms with Crippen molar-refractivity contribution >= 4 is 23.0 Å². The second kappa shape index (κ2) is 5.61. The van der Waals surface area contributed by atoms with E-state index < -0.39 is 5.97 Å². The summed E-state index contributed by atoms with van der Waals surface area (Å²) in [5.74, 6) is -0.998. The largest absolute Gasteiger partial charge is 0.478 e. The summed E-state index contributed by atoms with van der Waals surface area (Å²) < 4.78 is 0. The van der Waals surface area contributed by atoms with Gasteiger partial charge in [0.1, 0.15) is 5.56 Å². The number of carboxylic acid groups (broad SMARTS) is 1. The van der Waals surface area contributed by atoms with Crippen LogP contribution in [0.25, 0.3) is 0 Å². The van der Waals surface area contributed by atoms with Crippen LogP contribution >= 0.6 is 0 Å². The zero-order chi connectivity index (χ0) is 14.7. The Labute approximate surface area is 117 Å². The summed E-state index contributed by atoms with van der Waals surface area (Å²) in [7, 11) is 3.88. The van der Waals surface area contributed by atoms with Crippen molar-refractivity contribution in [3.05, 3.63) is 47.8 Å². The molecule has 5 nitrogen and oxygen atoms in total. The average molecular weight is 271 g/mol. The first-order valence-electron chi connectivity index (χ1n) is 6.22. The lowest BCUT2D eigenvalue weighted by atomic mass is 10.2. The molecule has 0 fully saturated rings. The van der Waals surface area contributed by atoms with E-state index in [-0.39, 0.29) is 5.56 Å². The van der Waals surface area contributed by atoms with Gasteiger partial charge in [0.15, 0.2) is 0 Å². The maximum Gasteiger partial charge on any atom is 0.339 e. The van der Waals surface area contributed by atoms with E-state index in [1.165, 1.54) is 6.20 Å². The van der Waals surface area contributed by atoms with E-state index in [2.05, 4.69) is 10.3 Å². The number of nitrogens with one attached hydrogen (secondary N) is 1. The summed E-state index contributed by atoms with van der Waals surface area (Å²) in [6.45, 7) is 1.83. The lowest BCUT2D eigenvalue weighted by molar-refractivity contribution is 0.0697. The summed E-state index contributed by atoms with van der Waals surface area (Å²) >= 11 is 0. The van der Waals surface area contributed by atoms with E-state index in [1.807, 2.05) is 50.2 Å². The minimum absolute atomic E-state index is 0.157. The van der Waals surface area contributed by atoms with E-state index in [0.717, 1.165) is 17.1 Å². The van der Waals surface area contributed by atoms with Crippen LogP contribution in [0.3, 0.4) is 0 Å². The highest BCUT2D eigenvalue weighted by Crippen LogP contribution is 2.28. The van der Waals surface area contributed by atoms with E-state index in [0.29, 0.717) is 5.69 Å². The molecule has 20 heavy (non-hydrogen) atoms. The van der Waals surface area contributed by atoms with Crippen molar-refractivity contribution in [2.45, 2.75) is 6.92 Å². The average Bonchev–Trinajstić information content (AvgIpc) is 2.38. The van der Waals surface area contributed by atoms with Gasteiger partial charge in [0.05, 0.1) is 17.1 Å². The second-order valence-corrected chi connectivity index (χ2v) is 4.71. The van der Waals surface area contributed by atoms with Gasteiger partial charge in [-0.1, -0.05) is 12.1 Å². The lowest BCUT2D eigenvalue weighted by Crippen LogP contribution is -2.11. The summed E-state index contributed by atoms with van der Waals surface area (Å²) in [5, 5.41) is 12.4. The Kier molecular flexibility index (Phi) is 3.89. The lowest BCUT2D eigenvalue weighted by Gasteiger charge is -2.19. The van der Waals surface area contributed by atoms with Gasteiger partial charge >= 0.3 is 5.97 Å². The molecular weight excluding hydrogens is 254 g/mol. The second-order valence-electron chi connectivity index (χ2n) is 4.71. The fraction of sp³-hybridized carbons (Fsp3) is 0.200. The number of aryl methyl sites for hydroxylation is 1. The van der Waals surface area contributed by atoms with Crippen LogP contribution in [0.2, 0.25) is 0 Å². The standard InChI is InChI=1S/C15H17N3O2/c1-10-8-13(11(9-16-10)15(19)20)17-12-6-4-5-7-14(12)18(2)3/h4-9H,1-3H3,(H,16,17)(H,19,20). The maximum atomic E-state index is 11.3. The fourth-order valence-electron chi connectivity index (χ4n) is 1.95. The van der Waals surface area contributed by atoms with Crippen LogP contribution in [-0.2, 0) is 0 Å². The highest BCUT2D eigenvalue weighted by molar-refractivity contribution is 5.95. The molecule has 1 aromatic heterocycles. The number of hydrogen-bond donors (Lipinski definition) is 2. The van der Waals surface area contributed by atoms with Gasteiger partial charge in [-0.25, -0.2) is 4.79 Å². The monoisotopic (exact) mass is 271 g/mol. The van der Waals surface area contributed by atoms with E-state index in [9.17, 15) is 9.90 Å². The third kappa shape index (κ3) is 2.88. The van der Waals surface area contributed by atoms with E-state index >= 15 is 0 Å². The molecule has 0 atom stereocenters. The predicted octanol–water partition coefficient (Wildman–Crippen LogP) is 2.90. The third-order valence-corrected chi connectivity index (χ3v) is 2.93. The van der Waals surface area contributed by atoms with E-state index in [1.54, 1.807) is 6.07 Å². The smallest absolute Gasteiger partial charge is 0.339 e. The minimum Gasteiger partial charge on any atom is -0.478 e. The van der Waals surface area contributed by atoms with Crippen LogP contribution in [0.1, 0.15) is 16.1 Å². The topological polar surface area (TPSA) is 65.5 Å². The molecule has 0 amide bonds. The first-order chi connectivity index (χ1) is 9.49. The molecule has 1 aromatic carbocycles. The third-order valence-electron chi connectivity index (χ3n) is 2.93. The first-order valence-corrected chi connectivity index (χ1v) is 6.22. The normalized spacial score (nSPS) is 10.2. The van der Waals surface area contributed by atoms with Gasteiger partial charge in [-0.3, -0.25) is 4.98 Å². The highest BCUT2D eigenvalue weighted by Gasteiger charge is 2.12. The van der Waals surface area contributed by atoms with Crippen molar-refractivity contribution in [2.24, 2.45) is 0 Å². The van der Waals surface area contributed by atoms with Crippen LogP contribution in [0, 0.1) is 6.92 Å². The zero-order valence-electron chi connectivity index (χ0n) is 11.7. The molecule has 0 aliphatic rings. The van der Waals surface area contributed by atoms with Gasteiger partial charge in [-0.2, -0.15) is 0 Å². The Bertz CT molecular complexity index is 639. The van der Waals surface area contributed by atoms with Crippen molar-refractivity contribution in [1.29, 1.82) is 0 Å². The molecule has 0 aliphatic carbocycles. The number of aromatic carboxylic acids is 1. The molecule has 0 radical (unpaired) electrons. The van der Waals surface area contributed by atoms with Crippen LogP contribution in [0.5, 0.6) is 0 Å². The summed E-state index contributed by atoms with van der Waals surface area (Å²) in [6.07, 6.45) is 1.37. The molecule has 0 unspecified atom stereocenters. The number of carboxylic acids is 1. The number of hydrogen-bond acceptors (Lipinski definition) is 4. The highest BCUT2D eigenvalue weighted by atomic mass is 16.4. The Morgan fingerprint density at radius 2 is 1.95 bits per heavy atom. The number of rotatable bonds is 4. The number of pyridine rings is 1. The maximum absolute atomic E-state index is 11.3. The number of aromatic nitrogens is 1. The summed E-state index contributed by atoms with van der Waals surface area (Å²) in [5.41, 5.74) is 3.30. The van der Waals surface area contributed by atoms with Gasteiger partial charge in [0.25, 0.3) is 0 Å². The molecule has 2 N–H and O–H groups in total. The molecule has 2 rings (SSSR count). The number of benzene rings is 1. The molecule has 1 heterocycles. The van der Waals surface area contributed by atoms with Gasteiger partial charge in [0.2, 0.25) is 0 Å². The van der Waals surface area contributed by atoms with Gasteiger partial charge in [0, 0.05) is 26.0 Å². The Morgan fingerprint density at radius 3 is 2.60 bits per heavy atom. The summed E-state index contributed by atoms with van der Waals surface area (Å²) in [6, 6.07) is 9.46. The fourth-order valence-corrected chi connectivity index (χ4v) is 1.95. The van der Waals surface area contributed by atoms with Crippen molar-refractivity contribution < 1.29 is 9.90 Å². The van der Waals surface area contributed by atoms with Crippen molar-refractivity contribution in [3.8, 4) is 0 Å². The van der Waals surface area contributed by atoms with Crippen molar-refractivity contribution in [1.82, 2.24) is 4.98 Å². The Hall–Kier alpha value is -2.56. The molecule has 0 saturated carbocycles. The SMILES string of the molecule is Cc1cc(Nc2ccccc2N(C)C)c(C(=O)O)cn1. The molecule has 0 aliphatic heterocycles. The van der Waals surface area contributed by atoms with Crippen molar-refractivity contribution in [2.75, 3.05) is 24.3 Å². The molecule has 0 spiro atoms. The molecule has 2 aromatic rings. The van der Waals surface area contributed by atoms with Crippen LogP contribution in [-0.4, -0.2) is 30.2 Å². The van der Waals surface area contributed by atoms with Crippen LogP contribution in [0.15, 0.2) is 36.5 Å². The molecule has 0 bridgehead atoms. The van der Waals surface area contributed by atoms with Crippen LogP contribution in [0.4, 0.5) is 17.1 Å². The summed E-state index contributed by atoms with van der Waals surface area (Å²) in [4.78, 5) is 17.2. The Balaban J connectivity index is 2.45. The molecule has 104 valence electrons. The predicted molar refractivity (Wildman–Crippen MR) is 80.0 cm³/mol. The van der Waals surface area contributed by atoms with Crippen LogP contribution < -0.4 is 10.2 Å². The number of nitrogens with zero attached hydrogens (tertiary/aromatic N) is 2. The molecule has 5 heteroatoms. The van der Waals surface area contributed by atoms with Gasteiger partial charge in [-0.15, -0.1) is 0 Å². The number of anilines is 3. The van der Waals surface area contributed by atoms with Gasteiger partial charge < -0.3 is 15.3 Å². The Morgan fingerprint density at radius 1 is 1.25 bits per heavy atom. The number of para-hydroxylation sites is 2. The quantitative estimate of drug-likeness (QED) is 0.895. The molecular formula is C15H17N3O2. The minimum atomic E-state index is -0.998. The van der Waals surface area contributed by atoms with E-state index in [4.69, 9.17) is 0 Å². The first kappa shape index (κ1) is 13.9. The zero-order valence-corrected chi connectivity index (χ0v) is 11.7.